The lowest BCUT2D eigenvalue weighted by Gasteiger charge is -2.12. The highest BCUT2D eigenvalue weighted by atomic mass is 16.5. The van der Waals surface area contributed by atoms with Gasteiger partial charge in [0.15, 0.2) is 0 Å². The summed E-state index contributed by atoms with van der Waals surface area (Å²) in [6, 6.07) is 12.6. The molecule has 0 bridgehead atoms. The summed E-state index contributed by atoms with van der Waals surface area (Å²) in [7, 11) is 1.67. The number of pyridine rings is 1. The predicted octanol–water partition coefficient (Wildman–Crippen LogP) is 4.47. The van der Waals surface area contributed by atoms with Crippen LogP contribution in [0.1, 0.15) is 21.7 Å². The minimum absolute atomic E-state index is 0. The molecule has 0 aliphatic heterocycles. The molecule has 4 nitrogen and oxygen atoms in total. The molecule has 0 saturated carbocycles. The molecular weight excluding hydrogens is 274 g/mol. The van der Waals surface area contributed by atoms with Gasteiger partial charge in [-0.05, 0) is 43.7 Å². The number of benzene rings is 1. The minimum atomic E-state index is 0. The lowest BCUT2D eigenvalue weighted by Crippen LogP contribution is -2.13. The Hall–Kier alpha value is -2.49. The van der Waals surface area contributed by atoms with Gasteiger partial charge in [-0.1, -0.05) is 6.92 Å². The number of hydrogen-bond acceptors (Lipinski definition) is 3. The van der Waals surface area contributed by atoms with Gasteiger partial charge in [-0.15, -0.1) is 0 Å². The third kappa shape index (κ3) is 2.91. The molecule has 1 atom stereocenters. The van der Waals surface area contributed by atoms with Crippen LogP contribution in [-0.2, 0) is 0 Å². The summed E-state index contributed by atoms with van der Waals surface area (Å²) in [6.45, 7) is 4.35. The standard InChI is InChI=1S/C18H21N3O.H2/c1-4-13(2)19-15-9-10-21-12-17(20-18(21)11-15)14-5-7-16(22-3)8-6-14;/h5-13,19H,4H2,1-3H3;1H. The van der Waals surface area contributed by atoms with E-state index in [1.54, 1.807) is 7.11 Å². The van der Waals surface area contributed by atoms with Crippen LogP contribution in [0.5, 0.6) is 5.75 Å². The molecule has 0 aliphatic rings. The van der Waals surface area contributed by atoms with Gasteiger partial charge in [0, 0.05) is 37.2 Å². The number of imidazole rings is 1. The number of methoxy groups -OCH3 is 1. The van der Waals surface area contributed by atoms with Gasteiger partial charge < -0.3 is 14.5 Å². The Labute approximate surface area is 132 Å². The first-order valence-corrected chi connectivity index (χ1v) is 7.59. The second-order valence-electron chi connectivity index (χ2n) is 5.49. The van der Waals surface area contributed by atoms with Crippen LogP contribution in [0.4, 0.5) is 5.69 Å². The molecule has 4 heteroatoms. The summed E-state index contributed by atoms with van der Waals surface area (Å²) in [4.78, 5) is 4.71. The molecule has 22 heavy (non-hydrogen) atoms. The maximum absolute atomic E-state index is 5.19. The Balaban J connectivity index is 0.00000192. The third-order valence-electron chi connectivity index (χ3n) is 3.87. The van der Waals surface area contributed by atoms with Crippen molar-refractivity contribution in [2.75, 3.05) is 12.4 Å². The summed E-state index contributed by atoms with van der Waals surface area (Å²) >= 11 is 0. The highest BCUT2D eigenvalue weighted by Gasteiger charge is 2.06. The van der Waals surface area contributed by atoms with Crippen LogP contribution in [0.3, 0.4) is 0 Å². The molecule has 3 rings (SSSR count). The fraction of sp³-hybridized carbons (Fsp3) is 0.278. The normalized spacial score (nSPS) is 12.3. The van der Waals surface area contributed by atoms with E-state index in [4.69, 9.17) is 9.72 Å². The van der Waals surface area contributed by atoms with E-state index in [2.05, 4.69) is 31.3 Å². The Morgan fingerprint density at radius 1 is 1.27 bits per heavy atom. The van der Waals surface area contributed by atoms with Crippen molar-refractivity contribution in [1.82, 2.24) is 9.38 Å². The number of ether oxygens (including phenoxy) is 1. The molecule has 1 N–H and O–H groups in total. The summed E-state index contributed by atoms with van der Waals surface area (Å²) in [5.41, 5.74) is 4.09. The zero-order valence-electron chi connectivity index (χ0n) is 13.2. The van der Waals surface area contributed by atoms with Gasteiger partial charge in [0.2, 0.25) is 0 Å². The molecule has 116 valence electrons. The number of fused-ring (bicyclic) bond motifs is 1. The topological polar surface area (TPSA) is 38.6 Å². The maximum Gasteiger partial charge on any atom is 0.139 e. The molecule has 3 aromatic rings. The number of aromatic nitrogens is 2. The van der Waals surface area contributed by atoms with Crippen LogP contribution in [-0.4, -0.2) is 22.5 Å². The van der Waals surface area contributed by atoms with E-state index < -0.39 is 0 Å². The molecule has 0 spiro atoms. The van der Waals surface area contributed by atoms with E-state index in [0.29, 0.717) is 6.04 Å². The Morgan fingerprint density at radius 2 is 2.05 bits per heavy atom. The first kappa shape index (κ1) is 14.4. The zero-order valence-corrected chi connectivity index (χ0v) is 13.2. The first-order valence-electron chi connectivity index (χ1n) is 7.59. The molecule has 0 fully saturated rings. The molecule has 2 aromatic heterocycles. The number of nitrogens with one attached hydrogen (secondary N) is 1. The van der Waals surface area contributed by atoms with Crippen LogP contribution in [0, 0.1) is 0 Å². The quantitative estimate of drug-likeness (QED) is 0.755. The van der Waals surface area contributed by atoms with E-state index in [-0.39, 0.29) is 1.43 Å². The zero-order chi connectivity index (χ0) is 15.5. The molecule has 1 aromatic carbocycles. The van der Waals surface area contributed by atoms with Crippen molar-refractivity contribution >= 4 is 11.3 Å². The summed E-state index contributed by atoms with van der Waals surface area (Å²) in [6.07, 6.45) is 5.18. The number of nitrogens with zero attached hydrogens (tertiary/aromatic N) is 2. The average molecular weight is 297 g/mol. The molecular formula is C18H23N3O. The van der Waals surface area contributed by atoms with Crippen molar-refractivity contribution in [3.63, 3.8) is 0 Å². The average Bonchev–Trinajstić information content (AvgIpc) is 2.98. The fourth-order valence-electron chi connectivity index (χ4n) is 2.36. The van der Waals surface area contributed by atoms with Crippen molar-refractivity contribution < 1.29 is 6.16 Å². The van der Waals surface area contributed by atoms with Crippen LogP contribution in [0.15, 0.2) is 48.8 Å². The smallest absolute Gasteiger partial charge is 0.139 e. The SMILES string of the molecule is CCC(C)Nc1ccn2cc(-c3ccc(OC)cc3)nc2c1.[HH]. The molecule has 0 saturated heterocycles. The van der Waals surface area contributed by atoms with Gasteiger partial charge in [0.25, 0.3) is 0 Å². The van der Waals surface area contributed by atoms with E-state index in [0.717, 1.165) is 34.8 Å². The number of anilines is 1. The fourth-order valence-corrected chi connectivity index (χ4v) is 2.36. The number of rotatable bonds is 5. The van der Waals surface area contributed by atoms with Gasteiger partial charge in [0.1, 0.15) is 11.4 Å². The predicted molar refractivity (Wildman–Crippen MR) is 92.7 cm³/mol. The van der Waals surface area contributed by atoms with Crippen molar-refractivity contribution in [3.05, 3.63) is 48.8 Å². The highest BCUT2D eigenvalue weighted by Crippen LogP contribution is 2.23. The van der Waals surface area contributed by atoms with Crippen LogP contribution < -0.4 is 10.1 Å². The summed E-state index contributed by atoms with van der Waals surface area (Å²) in [5, 5.41) is 3.48. The molecule has 0 amide bonds. The highest BCUT2D eigenvalue weighted by molar-refractivity contribution is 5.65. The minimum Gasteiger partial charge on any atom is -0.497 e. The lowest BCUT2D eigenvalue weighted by molar-refractivity contribution is 0.415. The van der Waals surface area contributed by atoms with E-state index >= 15 is 0 Å². The second kappa shape index (κ2) is 6.10. The summed E-state index contributed by atoms with van der Waals surface area (Å²) in [5.74, 6) is 0.854. The third-order valence-corrected chi connectivity index (χ3v) is 3.87. The van der Waals surface area contributed by atoms with Crippen molar-refractivity contribution in [1.29, 1.82) is 0 Å². The van der Waals surface area contributed by atoms with Crippen LogP contribution in [0.25, 0.3) is 16.9 Å². The van der Waals surface area contributed by atoms with Crippen molar-refractivity contribution in [2.45, 2.75) is 26.3 Å². The van der Waals surface area contributed by atoms with E-state index in [1.807, 2.05) is 41.1 Å². The van der Waals surface area contributed by atoms with Gasteiger partial charge in [-0.25, -0.2) is 4.98 Å². The van der Waals surface area contributed by atoms with Gasteiger partial charge in [0.05, 0.1) is 12.8 Å². The maximum atomic E-state index is 5.19. The lowest BCUT2D eigenvalue weighted by atomic mass is 10.2. The Morgan fingerprint density at radius 3 is 2.73 bits per heavy atom. The number of hydrogen-bond donors (Lipinski definition) is 1. The van der Waals surface area contributed by atoms with Crippen molar-refractivity contribution in [2.24, 2.45) is 0 Å². The molecule has 0 radical (unpaired) electrons. The van der Waals surface area contributed by atoms with Gasteiger partial charge in [-0.3, -0.25) is 0 Å². The summed E-state index contributed by atoms with van der Waals surface area (Å²) < 4.78 is 7.24. The molecule has 0 aliphatic carbocycles. The van der Waals surface area contributed by atoms with Gasteiger partial charge >= 0.3 is 0 Å². The Kier molecular flexibility index (Phi) is 4.00. The van der Waals surface area contributed by atoms with Crippen molar-refractivity contribution in [3.8, 4) is 17.0 Å². The molecule has 2 heterocycles. The van der Waals surface area contributed by atoms with Crippen LogP contribution >= 0.6 is 0 Å². The van der Waals surface area contributed by atoms with Crippen LogP contribution in [0.2, 0.25) is 0 Å². The largest absolute Gasteiger partial charge is 0.497 e. The molecule has 1 unspecified atom stereocenters. The van der Waals surface area contributed by atoms with Gasteiger partial charge in [-0.2, -0.15) is 0 Å². The second-order valence-corrected chi connectivity index (χ2v) is 5.49. The first-order chi connectivity index (χ1) is 10.7. The van der Waals surface area contributed by atoms with E-state index in [1.165, 1.54) is 0 Å². The van der Waals surface area contributed by atoms with E-state index in [9.17, 15) is 0 Å². The monoisotopic (exact) mass is 297 g/mol. The Bertz CT molecular complexity index is 768.